The second-order valence-electron chi connectivity index (χ2n) is 4.33. The standard InChI is InChI=1S/C14H15N3/c1-2-3-8-17-9-13-14(10-17)16-12-7-5-4-6-11(12)15-13/h4-7,9-10H,2-3,8H2,1H3. The Kier molecular flexibility index (Phi) is 2.52. The van der Waals surface area contributed by atoms with Gasteiger partial charge in [-0.3, -0.25) is 0 Å². The normalized spacial score (nSPS) is 11.4. The maximum atomic E-state index is 4.62. The van der Waals surface area contributed by atoms with E-state index >= 15 is 0 Å². The van der Waals surface area contributed by atoms with Gasteiger partial charge in [-0.05, 0) is 18.6 Å². The maximum absolute atomic E-state index is 4.62. The number of hydrogen-bond donors (Lipinski definition) is 0. The molecule has 0 amide bonds. The van der Waals surface area contributed by atoms with Crippen LogP contribution in [0.5, 0.6) is 0 Å². The molecule has 0 radical (unpaired) electrons. The highest BCUT2D eigenvalue weighted by Crippen LogP contribution is 2.16. The lowest BCUT2D eigenvalue weighted by Gasteiger charge is -1.97. The van der Waals surface area contributed by atoms with Crippen molar-refractivity contribution in [2.75, 3.05) is 0 Å². The van der Waals surface area contributed by atoms with Gasteiger partial charge in [0.05, 0.1) is 11.0 Å². The average molecular weight is 225 g/mol. The first-order chi connectivity index (χ1) is 8.36. The summed E-state index contributed by atoms with van der Waals surface area (Å²) in [7, 11) is 0. The summed E-state index contributed by atoms with van der Waals surface area (Å²) in [6.07, 6.45) is 6.58. The molecule has 86 valence electrons. The molecular weight excluding hydrogens is 210 g/mol. The van der Waals surface area contributed by atoms with Crippen LogP contribution in [0, 0.1) is 0 Å². The van der Waals surface area contributed by atoms with Gasteiger partial charge >= 0.3 is 0 Å². The molecule has 0 spiro atoms. The second kappa shape index (κ2) is 4.17. The SMILES string of the molecule is CCCCn1cc2nc3ccccc3nc2c1. The summed E-state index contributed by atoms with van der Waals surface area (Å²) in [5.74, 6) is 0. The number of aromatic nitrogens is 3. The molecule has 3 rings (SSSR count). The zero-order chi connectivity index (χ0) is 11.7. The number of hydrogen-bond acceptors (Lipinski definition) is 2. The zero-order valence-electron chi connectivity index (χ0n) is 9.93. The molecule has 0 unspecified atom stereocenters. The molecule has 0 bridgehead atoms. The van der Waals surface area contributed by atoms with E-state index in [-0.39, 0.29) is 0 Å². The molecule has 2 heterocycles. The first-order valence-corrected chi connectivity index (χ1v) is 6.09. The summed E-state index contributed by atoms with van der Waals surface area (Å²) in [4.78, 5) is 9.25. The number of para-hydroxylation sites is 2. The van der Waals surface area contributed by atoms with Crippen LogP contribution < -0.4 is 0 Å². The molecule has 3 nitrogen and oxygen atoms in total. The van der Waals surface area contributed by atoms with Gasteiger partial charge in [0.15, 0.2) is 0 Å². The van der Waals surface area contributed by atoms with E-state index in [1.165, 1.54) is 12.8 Å². The highest BCUT2D eigenvalue weighted by atomic mass is 15.0. The van der Waals surface area contributed by atoms with Crippen molar-refractivity contribution < 1.29 is 0 Å². The molecule has 1 aromatic carbocycles. The van der Waals surface area contributed by atoms with E-state index in [2.05, 4.69) is 33.9 Å². The number of nitrogens with zero attached hydrogens (tertiary/aromatic N) is 3. The smallest absolute Gasteiger partial charge is 0.107 e. The predicted octanol–water partition coefficient (Wildman–Crippen LogP) is 3.38. The van der Waals surface area contributed by atoms with E-state index in [1.54, 1.807) is 0 Å². The van der Waals surface area contributed by atoms with Crippen molar-refractivity contribution in [2.45, 2.75) is 26.3 Å². The molecule has 0 atom stereocenters. The second-order valence-corrected chi connectivity index (χ2v) is 4.33. The van der Waals surface area contributed by atoms with Gasteiger partial charge in [-0.25, -0.2) is 9.97 Å². The monoisotopic (exact) mass is 225 g/mol. The van der Waals surface area contributed by atoms with E-state index < -0.39 is 0 Å². The first-order valence-electron chi connectivity index (χ1n) is 6.09. The van der Waals surface area contributed by atoms with Crippen LogP contribution in [0.4, 0.5) is 0 Å². The van der Waals surface area contributed by atoms with Crippen LogP contribution >= 0.6 is 0 Å². The molecule has 0 fully saturated rings. The molecule has 0 N–H and O–H groups in total. The van der Waals surface area contributed by atoms with Crippen LogP contribution in [-0.2, 0) is 6.54 Å². The highest BCUT2D eigenvalue weighted by molar-refractivity contribution is 5.85. The van der Waals surface area contributed by atoms with E-state index in [9.17, 15) is 0 Å². The Labute approximate surface area is 100 Å². The van der Waals surface area contributed by atoms with Gasteiger partial charge in [-0.1, -0.05) is 25.5 Å². The molecule has 0 aliphatic carbocycles. The minimum Gasteiger partial charge on any atom is -0.350 e. The van der Waals surface area contributed by atoms with Crippen molar-refractivity contribution >= 4 is 22.1 Å². The van der Waals surface area contributed by atoms with E-state index in [1.807, 2.05) is 24.3 Å². The Bertz CT molecular complexity index is 602. The fraction of sp³-hybridized carbons (Fsp3) is 0.286. The Morgan fingerprint density at radius 3 is 2.06 bits per heavy atom. The van der Waals surface area contributed by atoms with Gasteiger partial charge in [-0.2, -0.15) is 0 Å². The molecule has 0 saturated carbocycles. The van der Waals surface area contributed by atoms with E-state index in [0.717, 1.165) is 28.6 Å². The molecule has 0 saturated heterocycles. The third kappa shape index (κ3) is 1.88. The Morgan fingerprint density at radius 2 is 1.53 bits per heavy atom. The molecule has 0 aliphatic rings. The first kappa shape index (κ1) is 10.3. The molecule has 17 heavy (non-hydrogen) atoms. The van der Waals surface area contributed by atoms with Gasteiger partial charge in [-0.15, -0.1) is 0 Å². The van der Waals surface area contributed by atoms with E-state index in [4.69, 9.17) is 0 Å². The van der Waals surface area contributed by atoms with Crippen molar-refractivity contribution in [2.24, 2.45) is 0 Å². The fourth-order valence-electron chi connectivity index (χ4n) is 2.04. The van der Waals surface area contributed by atoms with Crippen LogP contribution in [0.2, 0.25) is 0 Å². The number of rotatable bonds is 3. The highest BCUT2D eigenvalue weighted by Gasteiger charge is 2.03. The van der Waals surface area contributed by atoms with Crippen LogP contribution in [-0.4, -0.2) is 14.5 Å². The van der Waals surface area contributed by atoms with Gasteiger partial charge < -0.3 is 4.57 Å². The van der Waals surface area contributed by atoms with Gasteiger partial charge in [0.1, 0.15) is 11.0 Å². The minimum atomic E-state index is 0.966. The molecule has 2 aromatic heterocycles. The Morgan fingerprint density at radius 1 is 0.941 bits per heavy atom. The predicted molar refractivity (Wildman–Crippen MR) is 69.9 cm³/mol. The molecule has 0 aliphatic heterocycles. The topological polar surface area (TPSA) is 30.7 Å². The summed E-state index contributed by atoms with van der Waals surface area (Å²) in [5, 5.41) is 0. The van der Waals surface area contributed by atoms with E-state index in [0.29, 0.717) is 0 Å². The number of unbranched alkanes of at least 4 members (excludes halogenated alkanes) is 1. The summed E-state index contributed by atoms with van der Waals surface area (Å²) in [6, 6.07) is 8.00. The largest absolute Gasteiger partial charge is 0.350 e. The van der Waals surface area contributed by atoms with Crippen molar-refractivity contribution in [1.82, 2.24) is 14.5 Å². The average Bonchev–Trinajstić information content (AvgIpc) is 2.75. The van der Waals surface area contributed by atoms with Crippen molar-refractivity contribution in [3.05, 3.63) is 36.7 Å². The minimum absolute atomic E-state index is 0.966. The van der Waals surface area contributed by atoms with Crippen molar-refractivity contribution in [1.29, 1.82) is 0 Å². The van der Waals surface area contributed by atoms with Gasteiger partial charge in [0.2, 0.25) is 0 Å². The maximum Gasteiger partial charge on any atom is 0.107 e. The Balaban J connectivity index is 2.11. The molecular formula is C14H15N3. The lowest BCUT2D eigenvalue weighted by molar-refractivity contribution is 0.636. The summed E-state index contributed by atoms with van der Waals surface area (Å²) in [6.45, 7) is 3.25. The third-order valence-electron chi connectivity index (χ3n) is 2.97. The lowest BCUT2D eigenvalue weighted by Crippen LogP contribution is -1.92. The molecule has 3 aromatic rings. The Hall–Kier alpha value is -1.90. The third-order valence-corrected chi connectivity index (χ3v) is 2.97. The van der Waals surface area contributed by atoms with Gasteiger partial charge in [0.25, 0.3) is 0 Å². The van der Waals surface area contributed by atoms with Gasteiger partial charge in [0, 0.05) is 18.9 Å². The quantitative estimate of drug-likeness (QED) is 0.684. The number of aryl methyl sites for hydroxylation is 1. The number of fused-ring (bicyclic) bond motifs is 2. The van der Waals surface area contributed by atoms with Crippen molar-refractivity contribution in [3.8, 4) is 0 Å². The van der Waals surface area contributed by atoms with Crippen LogP contribution in [0.15, 0.2) is 36.7 Å². The van der Waals surface area contributed by atoms with Crippen LogP contribution in [0.1, 0.15) is 19.8 Å². The summed E-state index contributed by atoms with van der Waals surface area (Å²) >= 11 is 0. The number of benzene rings is 1. The summed E-state index contributed by atoms with van der Waals surface area (Å²) < 4.78 is 2.19. The summed E-state index contributed by atoms with van der Waals surface area (Å²) in [5.41, 5.74) is 3.90. The fourth-order valence-corrected chi connectivity index (χ4v) is 2.04. The molecule has 3 heteroatoms. The zero-order valence-corrected chi connectivity index (χ0v) is 9.93. The van der Waals surface area contributed by atoms with Crippen molar-refractivity contribution in [3.63, 3.8) is 0 Å². The van der Waals surface area contributed by atoms with Crippen LogP contribution in [0.3, 0.4) is 0 Å². The lowest BCUT2D eigenvalue weighted by atomic mass is 10.3. The van der Waals surface area contributed by atoms with Crippen LogP contribution in [0.25, 0.3) is 22.1 Å².